The van der Waals surface area contributed by atoms with E-state index in [0.29, 0.717) is 26.4 Å². The van der Waals surface area contributed by atoms with Gasteiger partial charge in [0.15, 0.2) is 0 Å². The van der Waals surface area contributed by atoms with Crippen LogP contribution >= 0.6 is 22.6 Å². The standard InChI is InChI=1S/C6H12IN3O2/c7-1-3-11-5-6-12-4-2-9-10-8/h1-6H2. The second-order valence-electron chi connectivity index (χ2n) is 1.87. The highest BCUT2D eigenvalue weighted by atomic mass is 127. The van der Waals surface area contributed by atoms with E-state index in [1.165, 1.54) is 0 Å². The third-order valence-corrected chi connectivity index (χ3v) is 1.43. The van der Waals surface area contributed by atoms with Gasteiger partial charge in [0.05, 0.1) is 26.4 Å². The molecule has 0 aromatic rings. The summed E-state index contributed by atoms with van der Waals surface area (Å²) in [7, 11) is 0. The molecular formula is C6H12IN3O2. The highest BCUT2D eigenvalue weighted by Gasteiger charge is 1.87. The van der Waals surface area contributed by atoms with Gasteiger partial charge in [0.2, 0.25) is 0 Å². The number of rotatable bonds is 8. The number of hydrogen-bond donors (Lipinski definition) is 0. The summed E-state index contributed by atoms with van der Waals surface area (Å²) in [6.07, 6.45) is 0. The van der Waals surface area contributed by atoms with Gasteiger partial charge in [-0.1, -0.05) is 27.7 Å². The highest BCUT2D eigenvalue weighted by Crippen LogP contribution is 1.83. The van der Waals surface area contributed by atoms with Crippen LogP contribution in [0, 0.1) is 0 Å². The van der Waals surface area contributed by atoms with Gasteiger partial charge in [0.25, 0.3) is 0 Å². The molecule has 0 rings (SSSR count). The number of halogens is 1. The molecule has 0 heterocycles. The number of azide groups is 1. The van der Waals surface area contributed by atoms with E-state index < -0.39 is 0 Å². The van der Waals surface area contributed by atoms with Crippen LogP contribution in [0.2, 0.25) is 0 Å². The van der Waals surface area contributed by atoms with Crippen LogP contribution in [-0.4, -0.2) is 37.4 Å². The molecule has 0 atom stereocenters. The fourth-order valence-corrected chi connectivity index (χ4v) is 0.838. The van der Waals surface area contributed by atoms with Gasteiger partial charge in [-0.05, 0) is 5.53 Å². The predicted molar refractivity (Wildman–Crippen MR) is 54.5 cm³/mol. The zero-order valence-electron chi connectivity index (χ0n) is 6.78. The van der Waals surface area contributed by atoms with E-state index in [-0.39, 0.29) is 0 Å². The van der Waals surface area contributed by atoms with Gasteiger partial charge in [0, 0.05) is 15.9 Å². The maximum atomic E-state index is 7.92. The van der Waals surface area contributed by atoms with Gasteiger partial charge in [0.1, 0.15) is 0 Å². The maximum absolute atomic E-state index is 7.92. The number of ether oxygens (including phenoxy) is 2. The third-order valence-electron chi connectivity index (χ3n) is 0.992. The summed E-state index contributed by atoms with van der Waals surface area (Å²) in [6.45, 7) is 2.80. The largest absolute Gasteiger partial charge is 0.379 e. The van der Waals surface area contributed by atoms with Crippen LogP contribution in [0.5, 0.6) is 0 Å². The van der Waals surface area contributed by atoms with Gasteiger partial charge in [-0.25, -0.2) is 0 Å². The first-order valence-electron chi connectivity index (χ1n) is 3.64. The number of alkyl halides is 1. The first-order chi connectivity index (χ1) is 5.91. The van der Waals surface area contributed by atoms with Crippen LogP contribution in [0.1, 0.15) is 0 Å². The monoisotopic (exact) mass is 285 g/mol. The van der Waals surface area contributed by atoms with Crippen LogP contribution in [0.15, 0.2) is 5.11 Å². The van der Waals surface area contributed by atoms with Crippen molar-refractivity contribution in [1.29, 1.82) is 0 Å². The molecule has 0 radical (unpaired) electrons. The Bertz CT molecular complexity index is 139. The minimum atomic E-state index is 0.392. The second kappa shape index (κ2) is 11.0. The SMILES string of the molecule is [N-]=[N+]=NCCOCCOCCI. The zero-order chi connectivity index (χ0) is 9.07. The van der Waals surface area contributed by atoms with E-state index in [9.17, 15) is 0 Å². The molecule has 70 valence electrons. The summed E-state index contributed by atoms with van der Waals surface area (Å²) in [5.74, 6) is 0. The van der Waals surface area contributed by atoms with Crippen molar-refractivity contribution in [3.63, 3.8) is 0 Å². The summed E-state index contributed by atoms with van der Waals surface area (Å²) in [6, 6.07) is 0. The molecule has 0 amide bonds. The van der Waals surface area contributed by atoms with Crippen molar-refractivity contribution in [2.24, 2.45) is 5.11 Å². The van der Waals surface area contributed by atoms with Crippen molar-refractivity contribution in [3.8, 4) is 0 Å². The van der Waals surface area contributed by atoms with Crippen LogP contribution in [-0.2, 0) is 9.47 Å². The van der Waals surface area contributed by atoms with Gasteiger partial charge in [-0.15, -0.1) is 0 Å². The molecule has 0 bridgehead atoms. The Kier molecular flexibility index (Phi) is 10.9. The molecule has 0 aromatic heterocycles. The van der Waals surface area contributed by atoms with Gasteiger partial charge >= 0.3 is 0 Å². The molecule has 0 aliphatic heterocycles. The van der Waals surface area contributed by atoms with E-state index in [4.69, 9.17) is 15.0 Å². The van der Waals surface area contributed by atoms with Crippen molar-refractivity contribution >= 4 is 22.6 Å². The van der Waals surface area contributed by atoms with Gasteiger partial charge in [-0.2, -0.15) is 0 Å². The minimum absolute atomic E-state index is 0.392. The summed E-state index contributed by atoms with van der Waals surface area (Å²) < 4.78 is 11.2. The normalized spacial score (nSPS) is 9.42. The Labute approximate surface area is 85.2 Å². The van der Waals surface area contributed by atoms with E-state index in [1.807, 2.05) is 0 Å². The molecule has 0 saturated heterocycles. The topological polar surface area (TPSA) is 67.2 Å². The third kappa shape index (κ3) is 9.96. The fraction of sp³-hybridized carbons (Fsp3) is 1.00. The summed E-state index contributed by atoms with van der Waals surface area (Å²) >= 11 is 2.25. The lowest BCUT2D eigenvalue weighted by molar-refractivity contribution is 0.0577. The summed E-state index contributed by atoms with van der Waals surface area (Å²) in [5.41, 5.74) is 7.92. The lowest BCUT2D eigenvalue weighted by Crippen LogP contribution is -2.07. The van der Waals surface area contributed by atoms with Crippen molar-refractivity contribution in [2.45, 2.75) is 0 Å². The fourth-order valence-electron chi connectivity index (χ4n) is 0.527. The van der Waals surface area contributed by atoms with E-state index in [1.54, 1.807) is 0 Å². The lowest BCUT2D eigenvalue weighted by Gasteiger charge is -2.01. The second-order valence-corrected chi connectivity index (χ2v) is 2.95. The van der Waals surface area contributed by atoms with Crippen LogP contribution in [0.25, 0.3) is 10.4 Å². The molecule has 0 N–H and O–H groups in total. The van der Waals surface area contributed by atoms with E-state index in [0.717, 1.165) is 11.0 Å². The average Bonchev–Trinajstić information content (AvgIpc) is 2.10. The van der Waals surface area contributed by atoms with Crippen LogP contribution in [0.4, 0.5) is 0 Å². The highest BCUT2D eigenvalue weighted by molar-refractivity contribution is 14.1. The van der Waals surface area contributed by atoms with Crippen molar-refractivity contribution in [1.82, 2.24) is 0 Å². The molecule has 0 aliphatic rings. The Balaban J connectivity index is 2.86. The average molecular weight is 285 g/mol. The number of nitrogens with zero attached hydrogens (tertiary/aromatic N) is 3. The van der Waals surface area contributed by atoms with E-state index in [2.05, 4.69) is 32.6 Å². The van der Waals surface area contributed by atoms with Crippen molar-refractivity contribution in [3.05, 3.63) is 10.4 Å². The predicted octanol–water partition coefficient (Wildman–Crippen LogP) is 1.76. The Hall–Kier alpha value is -0.0400. The van der Waals surface area contributed by atoms with Crippen molar-refractivity contribution < 1.29 is 9.47 Å². The molecule has 6 heteroatoms. The Morgan fingerprint density at radius 1 is 1.17 bits per heavy atom. The molecule has 0 unspecified atom stereocenters. The van der Waals surface area contributed by atoms with Gasteiger partial charge in [-0.3, -0.25) is 0 Å². The molecule has 5 nitrogen and oxygen atoms in total. The van der Waals surface area contributed by atoms with Crippen LogP contribution < -0.4 is 0 Å². The maximum Gasteiger partial charge on any atom is 0.0700 e. The van der Waals surface area contributed by atoms with Crippen molar-refractivity contribution in [2.75, 3.05) is 37.4 Å². The molecular weight excluding hydrogens is 273 g/mol. The first kappa shape index (κ1) is 12.0. The Morgan fingerprint density at radius 2 is 1.83 bits per heavy atom. The molecule has 0 fully saturated rings. The minimum Gasteiger partial charge on any atom is -0.379 e. The molecule has 0 aromatic carbocycles. The summed E-state index contributed by atoms with van der Waals surface area (Å²) in [5, 5.41) is 3.32. The quantitative estimate of drug-likeness (QED) is 0.170. The molecule has 0 aliphatic carbocycles. The van der Waals surface area contributed by atoms with Gasteiger partial charge < -0.3 is 9.47 Å². The lowest BCUT2D eigenvalue weighted by atomic mass is 10.7. The smallest absolute Gasteiger partial charge is 0.0700 e. The van der Waals surface area contributed by atoms with Crippen LogP contribution in [0.3, 0.4) is 0 Å². The molecule has 0 spiro atoms. The number of hydrogen-bond acceptors (Lipinski definition) is 3. The first-order valence-corrected chi connectivity index (χ1v) is 5.16. The molecule has 12 heavy (non-hydrogen) atoms. The zero-order valence-corrected chi connectivity index (χ0v) is 8.94. The Morgan fingerprint density at radius 3 is 2.42 bits per heavy atom. The van der Waals surface area contributed by atoms with E-state index >= 15 is 0 Å². The molecule has 0 saturated carbocycles. The summed E-state index contributed by atoms with van der Waals surface area (Å²) in [4.78, 5) is 2.60.